The van der Waals surface area contributed by atoms with Crippen LogP contribution in [0.15, 0.2) is 30.6 Å². The van der Waals surface area contributed by atoms with E-state index < -0.39 is 0 Å². The fraction of sp³-hybridized carbons (Fsp3) is 0.524. The van der Waals surface area contributed by atoms with Gasteiger partial charge in [-0.05, 0) is 42.9 Å². The molecule has 28 heavy (non-hydrogen) atoms. The van der Waals surface area contributed by atoms with Gasteiger partial charge in [0.15, 0.2) is 0 Å². The van der Waals surface area contributed by atoms with Crippen LogP contribution in [0.5, 0.6) is 0 Å². The molecule has 1 atom stereocenters. The molecule has 2 aromatic rings. The quantitative estimate of drug-likeness (QED) is 0.863. The molecule has 2 aromatic heterocycles. The number of rotatable bonds is 5. The second kappa shape index (κ2) is 7.73. The molecule has 1 saturated heterocycles. The van der Waals surface area contributed by atoms with E-state index in [9.17, 15) is 9.59 Å². The molecule has 1 N–H and O–H groups in total. The average Bonchev–Trinajstić information content (AvgIpc) is 3.42. The number of hydrogen-bond acceptors (Lipinski definition) is 4. The second-order valence-corrected chi connectivity index (χ2v) is 8.20. The van der Waals surface area contributed by atoms with Gasteiger partial charge in [0.2, 0.25) is 5.91 Å². The van der Waals surface area contributed by atoms with Crippen molar-refractivity contribution in [1.29, 1.82) is 0 Å². The third-order valence-electron chi connectivity index (χ3n) is 5.72. The number of hydrogen-bond donors (Lipinski definition) is 1. The van der Waals surface area contributed by atoms with Crippen molar-refractivity contribution in [3.05, 3.63) is 36.3 Å². The Kier molecular flexibility index (Phi) is 5.15. The summed E-state index contributed by atoms with van der Waals surface area (Å²) < 4.78 is 0. The van der Waals surface area contributed by atoms with E-state index in [1.165, 1.54) is 12.8 Å². The van der Waals surface area contributed by atoms with Gasteiger partial charge in [-0.15, -0.1) is 0 Å². The molecule has 1 aliphatic heterocycles. The van der Waals surface area contributed by atoms with Crippen LogP contribution in [0.1, 0.15) is 43.6 Å². The number of aromatic amines is 1. The highest BCUT2D eigenvalue weighted by Crippen LogP contribution is 2.32. The number of H-pyrrole nitrogens is 1. The van der Waals surface area contributed by atoms with Crippen LogP contribution in [-0.4, -0.2) is 62.5 Å². The molecule has 7 nitrogen and oxygen atoms in total. The van der Waals surface area contributed by atoms with Crippen LogP contribution in [0.3, 0.4) is 0 Å². The Morgan fingerprint density at radius 1 is 1.29 bits per heavy atom. The molecule has 0 bridgehead atoms. The van der Waals surface area contributed by atoms with Gasteiger partial charge in [0.05, 0.1) is 11.7 Å². The van der Waals surface area contributed by atoms with Crippen LogP contribution in [0.4, 0.5) is 0 Å². The van der Waals surface area contributed by atoms with E-state index >= 15 is 0 Å². The molecule has 2 fully saturated rings. The lowest BCUT2D eigenvalue weighted by Gasteiger charge is -2.34. The van der Waals surface area contributed by atoms with Gasteiger partial charge in [0.1, 0.15) is 5.69 Å². The summed E-state index contributed by atoms with van der Waals surface area (Å²) in [6, 6.07) is 5.55. The fourth-order valence-corrected chi connectivity index (χ4v) is 3.82. The molecule has 3 heterocycles. The van der Waals surface area contributed by atoms with Crippen LogP contribution in [0.2, 0.25) is 0 Å². The molecule has 1 aliphatic carbocycles. The predicted octanol–water partition coefficient (Wildman–Crippen LogP) is 2.58. The summed E-state index contributed by atoms with van der Waals surface area (Å²) in [5.41, 5.74) is 2.08. The van der Waals surface area contributed by atoms with Crippen molar-refractivity contribution in [2.75, 3.05) is 19.6 Å². The van der Waals surface area contributed by atoms with Crippen molar-refractivity contribution in [2.45, 2.75) is 39.2 Å². The lowest BCUT2D eigenvalue weighted by molar-refractivity contribution is -0.133. The van der Waals surface area contributed by atoms with E-state index in [-0.39, 0.29) is 17.9 Å². The van der Waals surface area contributed by atoms with E-state index in [4.69, 9.17) is 0 Å². The van der Waals surface area contributed by atoms with Crippen molar-refractivity contribution in [1.82, 2.24) is 25.0 Å². The zero-order chi connectivity index (χ0) is 19.7. The van der Waals surface area contributed by atoms with E-state index in [0.29, 0.717) is 42.7 Å². The van der Waals surface area contributed by atoms with Gasteiger partial charge in [-0.25, -0.2) is 0 Å². The Morgan fingerprint density at radius 3 is 2.71 bits per heavy atom. The first-order chi connectivity index (χ1) is 13.5. The molecule has 0 spiro atoms. The normalized spacial score (nSPS) is 20.5. The minimum atomic E-state index is -0.0977. The number of nitrogens with one attached hydrogen (secondary N) is 1. The highest BCUT2D eigenvalue weighted by atomic mass is 16.2. The van der Waals surface area contributed by atoms with Gasteiger partial charge in [0, 0.05) is 44.0 Å². The van der Waals surface area contributed by atoms with Crippen molar-refractivity contribution < 1.29 is 9.59 Å². The molecular weight excluding hydrogens is 354 g/mol. The predicted molar refractivity (Wildman–Crippen MR) is 105 cm³/mol. The summed E-state index contributed by atoms with van der Waals surface area (Å²) in [5.74, 6) is 1.01. The Labute approximate surface area is 165 Å². The highest BCUT2D eigenvalue weighted by Gasteiger charge is 2.37. The monoisotopic (exact) mass is 381 g/mol. The molecule has 2 amide bonds. The Bertz CT molecular complexity index is 843. The lowest BCUT2D eigenvalue weighted by Crippen LogP contribution is -2.48. The zero-order valence-electron chi connectivity index (χ0n) is 16.5. The van der Waals surface area contributed by atoms with E-state index in [1.54, 1.807) is 23.4 Å². The molecule has 4 rings (SSSR count). The summed E-state index contributed by atoms with van der Waals surface area (Å²) in [5, 5.41) is 7.15. The highest BCUT2D eigenvalue weighted by molar-refractivity contribution is 5.94. The standard InChI is InChI=1S/C21H27N5O2/c1-14(2)19-13-25(10-7-20(27)26(19)12-15-3-4-15)21(28)18-11-17(23-24-18)16-5-8-22-9-6-16/h5-6,8-9,11,14-15,19H,3-4,7,10,12-13H2,1-2H3,(H,23,24)/t19-/m0/s1. The van der Waals surface area contributed by atoms with E-state index in [2.05, 4.69) is 29.0 Å². The van der Waals surface area contributed by atoms with Gasteiger partial charge in [-0.2, -0.15) is 5.10 Å². The third kappa shape index (κ3) is 3.93. The van der Waals surface area contributed by atoms with Crippen LogP contribution in [0.25, 0.3) is 11.3 Å². The van der Waals surface area contributed by atoms with E-state index in [0.717, 1.165) is 12.1 Å². The van der Waals surface area contributed by atoms with Crippen LogP contribution < -0.4 is 0 Å². The first-order valence-electron chi connectivity index (χ1n) is 10.1. The summed E-state index contributed by atoms with van der Waals surface area (Å²) in [6.45, 7) is 6.11. The minimum Gasteiger partial charge on any atom is -0.337 e. The average molecular weight is 381 g/mol. The third-order valence-corrected chi connectivity index (χ3v) is 5.72. The van der Waals surface area contributed by atoms with Crippen LogP contribution in [0, 0.1) is 11.8 Å². The largest absolute Gasteiger partial charge is 0.337 e. The van der Waals surface area contributed by atoms with Gasteiger partial charge >= 0.3 is 0 Å². The van der Waals surface area contributed by atoms with E-state index in [1.807, 2.05) is 17.0 Å². The topological polar surface area (TPSA) is 82.2 Å². The second-order valence-electron chi connectivity index (χ2n) is 8.20. The Balaban J connectivity index is 1.52. The number of aromatic nitrogens is 3. The van der Waals surface area contributed by atoms with Gasteiger partial charge in [-0.1, -0.05) is 13.8 Å². The van der Waals surface area contributed by atoms with Crippen LogP contribution >= 0.6 is 0 Å². The number of carbonyl (C=O) groups is 2. The Hall–Kier alpha value is -2.70. The molecular formula is C21H27N5O2. The molecule has 0 aromatic carbocycles. The lowest BCUT2D eigenvalue weighted by atomic mass is 10.0. The maximum atomic E-state index is 13.1. The summed E-state index contributed by atoms with van der Waals surface area (Å²) >= 11 is 0. The Morgan fingerprint density at radius 2 is 2.04 bits per heavy atom. The maximum Gasteiger partial charge on any atom is 0.271 e. The molecule has 0 radical (unpaired) electrons. The number of nitrogens with zero attached hydrogens (tertiary/aromatic N) is 4. The SMILES string of the molecule is CC(C)[C@@H]1CN(C(=O)c2cc(-c3ccncc3)n[nH]2)CCC(=O)N1CC1CC1. The molecule has 2 aliphatic rings. The van der Waals surface area contributed by atoms with Crippen molar-refractivity contribution in [2.24, 2.45) is 11.8 Å². The summed E-state index contributed by atoms with van der Waals surface area (Å²) in [7, 11) is 0. The minimum absolute atomic E-state index is 0.0575. The smallest absolute Gasteiger partial charge is 0.271 e. The van der Waals surface area contributed by atoms with Crippen molar-refractivity contribution in [3.8, 4) is 11.3 Å². The molecule has 0 unspecified atom stereocenters. The van der Waals surface area contributed by atoms with Crippen LogP contribution in [-0.2, 0) is 4.79 Å². The molecule has 7 heteroatoms. The fourth-order valence-electron chi connectivity index (χ4n) is 3.82. The summed E-state index contributed by atoms with van der Waals surface area (Å²) in [4.78, 5) is 33.7. The van der Waals surface area contributed by atoms with Gasteiger partial charge in [-0.3, -0.25) is 19.7 Å². The number of carbonyl (C=O) groups excluding carboxylic acids is 2. The molecule has 148 valence electrons. The van der Waals surface area contributed by atoms with Crippen molar-refractivity contribution in [3.63, 3.8) is 0 Å². The molecule has 1 saturated carbocycles. The maximum absolute atomic E-state index is 13.1. The van der Waals surface area contributed by atoms with Crippen molar-refractivity contribution >= 4 is 11.8 Å². The van der Waals surface area contributed by atoms with Gasteiger partial charge in [0.25, 0.3) is 5.91 Å². The summed E-state index contributed by atoms with van der Waals surface area (Å²) in [6.07, 6.45) is 6.21. The number of pyridine rings is 1. The number of amides is 2. The first kappa shape index (κ1) is 18.7. The van der Waals surface area contributed by atoms with Gasteiger partial charge < -0.3 is 9.80 Å². The first-order valence-corrected chi connectivity index (χ1v) is 10.1. The zero-order valence-corrected chi connectivity index (χ0v) is 16.5.